The summed E-state index contributed by atoms with van der Waals surface area (Å²) in [6.07, 6.45) is 0. The number of nitro groups is 1. The van der Waals surface area contributed by atoms with Crippen LogP contribution >= 0.6 is 0 Å². The Labute approximate surface area is 122 Å². The Hall–Kier alpha value is -1.58. The predicted molar refractivity (Wildman–Crippen MR) is 73.9 cm³/mol. The molecule has 0 saturated carbocycles. The lowest BCUT2D eigenvalue weighted by Gasteiger charge is -2.35. The van der Waals surface area contributed by atoms with Crippen molar-refractivity contribution in [1.82, 2.24) is 9.62 Å². The van der Waals surface area contributed by atoms with Gasteiger partial charge in [-0.15, -0.1) is 0 Å². The first-order chi connectivity index (χ1) is 9.73. The highest BCUT2D eigenvalue weighted by atomic mass is 32.2. The number of para-hydroxylation sites is 1. The fourth-order valence-electron chi connectivity index (χ4n) is 2.49. The summed E-state index contributed by atoms with van der Waals surface area (Å²) in [6.45, 7) is 4.00. The molecule has 7 nitrogen and oxygen atoms in total. The van der Waals surface area contributed by atoms with Crippen LogP contribution in [-0.2, 0) is 10.0 Å². The number of benzene rings is 1. The first-order valence-electron chi connectivity index (χ1n) is 6.42. The average molecular weight is 317 g/mol. The Morgan fingerprint density at radius 1 is 1.33 bits per heavy atom. The molecule has 116 valence electrons. The molecule has 0 amide bonds. The number of sulfonamides is 1. The smallest absolute Gasteiger partial charge is 0.309 e. The van der Waals surface area contributed by atoms with Gasteiger partial charge in [-0.05, 0) is 26.0 Å². The van der Waals surface area contributed by atoms with Gasteiger partial charge in [0.1, 0.15) is 0 Å². The average Bonchev–Trinajstić information content (AvgIpc) is 2.36. The summed E-state index contributed by atoms with van der Waals surface area (Å²) in [4.78, 5) is 9.37. The van der Waals surface area contributed by atoms with Gasteiger partial charge in [0.15, 0.2) is 4.90 Å². The number of nitro benzene ring substituents is 1. The summed E-state index contributed by atoms with van der Waals surface area (Å²) in [5.74, 6) is -1.16. The van der Waals surface area contributed by atoms with Crippen molar-refractivity contribution in [3.05, 3.63) is 34.1 Å². The van der Waals surface area contributed by atoms with Gasteiger partial charge in [0.2, 0.25) is 15.8 Å². The van der Waals surface area contributed by atoms with E-state index < -0.39 is 31.3 Å². The molecule has 21 heavy (non-hydrogen) atoms. The molecule has 0 aliphatic carbocycles. The summed E-state index contributed by atoms with van der Waals surface area (Å²) >= 11 is 0. The van der Waals surface area contributed by atoms with Gasteiger partial charge in [-0.2, -0.15) is 8.70 Å². The van der Waals surface area contributed by atoms with Crippen molar-refractivity contribution in [2.45, 2.75) is 30.8 Å². The predicted octanol–water partition coefficient (Wildman–Crippen LogP) is 1.10. The fraction of sp³-hybridized carbons (Fsp3) is 0.500. The number of nitrogens with zero attached hydrogens (tertiary/aromatic N) is 2. The van der Waals surface area contributed by atoms with Gasteiger partial charge in [0.25, 0.3) is 0 Å². The highest BCUT2D eigenvalue weighted by molar-refractivity contribution is 7.89. The molecular weight excluding hydrogens is 301 g/mol. The molecule has 0 radical (unpaired) electrons. The lowest BCUT2D eigenvalue weighted by Crippen LogP contribution is -2.55. The maximum atomic E-state index is 13.6. The number of halogens is 1. The molecule has 1 aromatic rings. The van der Waals surface area contributed by atoms with Crippen LogP contribution in [0.1, 0.15) is 13.8 Å². The Balaban J connectivity index is 2.50. The number of rotatable bonds is 3. The molecule has 0 aromatic heterocycles. The molecule has 0 bridgehead atoms. The molecule has 0 spiro atoms. The van der Waals surface area contributed by atoms with E-state index in [1.807, 2.05) is 13.8 Å². The highest BCUT2D eigenvalue weighted by Crippen LogP contribution is 2.29. The van der Waals surface area contributed by atoms with E-state index in [0.717, 1.165) is 22.5 Å². The molecule has 1 aromatic carbocycles. The van der Waals surface area contributed by atoms with E-state index in [1.165, 1.54) is 0 Å². The highest BCUT2D eigenvalue weighted by Gasteiger charge is 2.37. The molecule has 9 heteroatoms. The normalized spacial score (nSPS) is 24.0. The molecular formula is C12H16FN3O4S. The molecule has 1 aliphatic heterocycles. The fourth-order valence-corrected chi connectivity index (χ4v) is 4.28. The largest absolute Gasteiger partial charge is 0.324 e. The van der Waals surface area contributed by atoms with E-state index in [9.17, 15) is 22.9 Å². The quantitative estimate of drug-likeness (QED) is 0.666. The van der Waals surface area contributed by atoms with Crippen LogP contribution in [0.15, 0.2) is 23.1 Å². The zero-order valence-corrected chi connectivity index (χ0v) is 12.4. The Morgan fingerprint density at radius 3 is 2.43 bits per heavy atom. The van der Waals surface area contributed by atoms with Gasteiger partial charge in [0.05, 0.1) is 4.92 Å². The minimum Gasteiger partial charge on any atom is -0.309 e. The van der Waals surface area contributed by atoms with Crippen molar-refractivity contribution in [3.8, 4) is 0 Å². The van der Waals surface area contributed by atoms with Crippen LogP contribution in [-0.4, -0.2) is 42.8 Å². The molecule has 1 aliphatic rings. The van der Waals surface area contributed by atoms with Gasteiger partial charge in [-0.25, -0.2) is 8.42 Å². The Bertz CT molecular complexity index is 654. The van der Waals surface area contributed by atoms with E-state index in [2.05, 4.69) is 5.32 Å². The van der Waals surface area contributed by atoms with Gasteiger partial charge in [0, 0.05) is 25.2 Å². The minimum atomic E-state index is -4.11. The first-order valence-corrected chi connectivity index (χ1v) is 7.86. The SMILES string of the molecule is CC1CN(S(=O)(=O)c2cccc(F)c2[N+](=O)[O-])CC(C)N1. The third-order valence-electron chi connectivity index (χ3n) is 3.27. The number of nitrogens with one attached hydrogen (secondary N) is 1. The van der Waals surface area contributed by atoms with Gasteiger partial charge < -0.3 is 5.32 Å². The molecule has 1 N–H and O–H groups in total. The Kier molecular flexibility index (Phi) is 4.26. The summed E-state index contributed by atoms with van der Waals surface area (Å²) in [5.41, 5.74) is -1.00. The van der Waals surface area contributed by atoms with Crippen molar-refractivity contribution in [2.75, 3.05) is 13.1 Å². The van der Waals surface area contributed by atoms with E-state index in [-0.39, 0.29) is 25.2 Å². The Morgan fingerprint density at radius 2 is 1.90 bits per heavy atom. The van der Waals surface area contributed by atoms with Crippen molar-refractivity contribution < 1.29 is 17.7 Å². The van der Waals surface area contributed by atoms with E-state index in [4.69, 9.17) is 0 Å². The standard InChI is InChI=1S/C12H16FN3O4S/c1-8-6-15(7-9(2)14-8)21(19,20)11-5-3-4-10(13)12(11)16(17)18/h3-5,8-9,14H,6-7H2,1-2H3. The zero-order valence-electron chi connectivity index (χ0n) is 11.6. The minimum absolute atomic E-state index is 0.0869. The lowest BCUT2D eigenvalue weighted by molar-refractivity contribution is -0.390. The molecule has 1 saturated heterocycles. The summed E-state index contributed by atoms with van der Waals surface area (Å²) in [7, 11) is -4.11. The zero-order chi connectivity index (χ0) is 15.8. The molecule has 1 heterocycles. The third kappa shape index (κ3) is 3.04. The van der Waals surface area contributed by atoms with E-state index in [0.29, 0.717) is 0 Å². The van der Waals surface area contributed by atoms with Crippen LogP contribution in [0.4, 0.5) is 10.1 Å². The van der Waals surface area contributed by atoms with E-state index in [1.54, 1.807) is 0 Å². The van der Waals surface area contributed by atoms with Gasteiger partial charge in [-0.1, -0.05) is 6.07 Å². The lowest BCUT2D eigenvalue weighted by atomic mass is 10.2. The van der Waals surface area contributed by atoms with Crippen LogP contribution in [0.25, 0.3) is 0 Å². The monoisotopic (exact) mass is 317 g/mol. The van der Waals surface area contributed by atoms with Crippen molar-refractivity contribution in [2.24, 2.45) is 0 Å². The number of hydrogen-bond acceptors (Lipinski definition) is 5. The van der Waals surface area contributed by atoms with Crippen LogP contribution in [0.2, 0.25) is 0 Å². The van der Waals surface area contributed by atoms with E-state index >= 15 is 0 Å². The molecule has 1 fully saturated rings. The molecule has 2 rings (SSSR count). The second-order valence-electron chi connectivity index (χ2n) is 5.13. The first kappa shape index (κ1) is 15.8. The number of hydrogen-bond donors (Lipinski definition) is 1. The third-order valence-corrected chi connectivity index (χ3v) is 5.14. The van der Waals surface area contributed by atoms with Crippen LogP contribution in [0.5, 0.6) is 0 Å². The van der Waals surface area contributed by atoms with Crippen molar-refractivity contribution >= 4 is 15.7 Å². The summed E-state index contributed by atoms with van der Waals surface area (Å²) in [5, 5.41) is 14.1. The summed E-state index contributed by atoms with van der Waals surface area (Å²) in [6, 6.07) is 2.92. The second-order valence-corrected chi connectivity index (χ2v) is 7.04. The molecule has 2 atom stereocenters. The van der Waals surface area contributed by atoms with Gasteiger partial charge >= 0.3 is 5.69 Å². The topological polar surface area (TPSA) is 92.5 Å². The molecule has 2 unspecified atom stereocenters. The maximum absolute atomic E-state index is 13.6. The number of piperazine rings is 1. The van der Waals surface area contributed by atoms with Crippen LogP contribution < -0.4 is 5.32 Å². The van der Waals surface area contributed by atoms with Gasteiger partial charge in [-0.3, -0.25) is 10.1 Å². The maximum Gasteiger partial charge on any atom is 0.324 e. The summed E-state index contributed by atoms with van der Waals surface area (Å²) < 4.78 is 39.9. The van der Waals surface area contributed by atoms with Crippen molar-refractivity contribution in [3.63, 3.8) is 0 Å². The van der Waals surface area contributed by atoms with Crippen molar-refractivity contribution in [1.29, 1.82) is 0 Å². The van der Waals surface area contributed by atoms with Crippen LogP contribution in [0.3, 0.4) is 0 Å². The van der Waals surface area contributed by atoms with Crippen LogP contribution in [0, 0.1) is 15.9 Å². The second kappa shape index (κ2) is 5.66.